The molecule has 3 aliphatic carbocycles. The summed E-state index contributed by atoms with van der Waals surface area (Å²) in [6, 6.07) is 8.97. The van der Waals surface area contributed by atoms with Gasteiger partial charge in [0, 0.05) is 0 Å². The minimum absolute atomic E-state index is 0.701. The van der Waals surface area contributed by atoms with E-state index >= 15 is 0 Å². The van der Waals surface area contributed by atoms with Gasteiger partial charge in [0.2, 0.25) is 0 Å². The fraction of sp³-hybridized carbons (Fsp3) is 0.833. The normalized spacial score (nSPS) is 38.2. The third kappa shape index (κ3) is 5.94. The highest BCUT2D eigenvalue weighted by molar-refractivity contribution is 5.44. The zero-order chi connectivity index (χ0) is 26.1. The van der Waals surface area contributed by atoms with Crippen LogP contribution in [-0.2, 0) is 0 Å². The Morgan fingerprint density at radius 2 is 1.00 bits per heavy atom. The van der Waals surface area contributed by atoms with E-state index in [1.807, 2.05) is 5.56 Å². The van der Waals surface area contributed by atoms with Crippen molar-refractivity contribution in [3.8, 4) is 0 Å². The summed E-state index contributed by atoms with van der Waals surface area (Å²) in [6.07, 6.45) is 12.7. The van der Waals surface area contributed by atoms with Crippen LogP contribution in [0.15, 0.2) is 12.1 Å². The first-order valence-corrected chi connectivity index (χ1v) is 16.1. The summed E-state index contributed by atoms with van der Waals surface area (Å²) in [5.74, 6) is 9.49. The molecule has 36 heavy (non-hydrogen) atoms. The molecule has 0 heteroatoms. The Morgan fingerprint density at radius 1 is 0.583 bits per heavy atom. The summed E-state index contributed by atoms with van der Waals surface area (Å²) in [6.45, 7) is 22.6. The van der Waals surface area contributed by atoms with Gasteiger partial charge in [0.05, 0.1) is 0 Å². The van der Waals surface area contributed by atoms with Gasteiger partial charge in [0.15, 0.2) is 0 Å². The molecule has 203 valence electrons. The van der Waals surface area contributed by atoms with Gasteiger partial charge in [-0.3, -0.25) is 0 Å². The number of hydrogen-bond acceptors (Lipinski definition) is 0. The Labute approximate surface area is 225 Å². The van der Waals surface area contributed by atoms with Crippen molar-refractivity contribution in [3.05, 3.63) is 34.9 Å². The summed E-state index contributed by atoms with van der Waals surface area (Å²) in [4.78, 5) is 0. The minimum atomic E-state index is 0.701. The Hall–Kier alpha value is -0.780. The maximum absolute atomic E-state index is 4.02. The second kappa shape index (κ2) is 11.9. The van der Waals surface area contributed by atoms with Crippen LogP contribution in [0, 0.1) is 59.3 Å². The molecule has 3 aliphatic rings. The van der Waals surface area contributed by atoms with E-state index < -0.39 is 0 Å². The predicted octanol–water partition coefficient (Wildman–Crippen LogP) is 11.0. The van der Waals surface area contributed by atoms with Crippen LogP contribution in [0.2, 0.25) is 0 Å². The number of rotatable bonds is 6. The van der Waals surface area contributed by atoms with Gasteiger partial charge >= 0.3 is 0 Å². The first-order chi connectivity index (χ1) is 17.1. The molecule has 1 radical (unpaired) electrons. The molecule has 4 rings (SSSR count). The summed E-state index contributed by atoms with van der Waals surface area (Å²) in [5.41, 5.74) is 5.29. The van der Waals surface area contributed by atoms with E-state index in [1.54, 1.807) is 11.1 Å². The van der Waals surface area contributed by atoms with E-state index in [-0.39, 0.29) is 0 Å². The van der Waals surface area contributed by atoms with Crippen LogP contribution in [0.1, 0.15) is 155 Å². The zero-order valence-corrected chi connectivity index (χ0v) is 25.4. The zero-order valence-electron chi connectivity index (χ0n) is 25.4. The van der Waals surface area contributed by atoms with Crippen LogP contribution in [-0.4, -0.2) is 0 Å². The predicted molar refractivity (Wildman–Crippen MR) is 158 cm³/mol. The summed E-state index contributed by atoms with van der Waals surface area (Å²) in [7, 11) is 0. The second-order valence-electron chi connectivity index (χ2n) is 15.1. The van der Waals surface area contributed by atoms with Gasteiger partial charge in [0.1, 0.15) is 0 Å². The van der Waals surface area contributed by atoms with Gasteiger partial charge in [0.25, 0.3) is 0 Å². The van der Waals surface area contributed by atoms with Crippen LogP contribution >= 0.6 is 0 Å². The van der Waals surface area contributed by atoms with E-state index in [0.29, 0.717) is 5.92 Å². The summed E-state index contributed by atoms with van der Waals surface area (Å²) < 4.78 is 0. The third-order valence-corrected chi connectivity index (χ3v) is 11.3. The average Bonchev–Trinajstić information content (AvgIpc) is 2.82. The number of hydrogen-bond donors (Lipinski definition) is 0. The van der Waals surface area contributed by atoms with Gasteiger partial charge in [-0.25, -0.2) is 0 Å². The molecule has 3 fully saturated rings. The van der Waals surface area contributed by atoms with Crippen molar-refractivity contribution in [3.63, 3.8) is 0 Å². The topological polar surface area (TPSA) is 0 Å². The van der Waals surface area contributed by atoms with Crippen molar-refractivity contribution in [1.82, 2.24) is 0 Å². The van der Waals surface area contributed by atoms with Crippen molar-refractivity contribution in [2.45, 2.75) is 138 Å². The maximum Gasteiger partial charge on any atom is -0.0120 e. The van der Waals surface area contributed by atoms with E-state index in [4.69, 9.17) is 0 Å². The van der Waals surface area contributed by atoms with Gasteiger partial charge in [-0.1, -0.05) is 93.7 Å². The van der Waals surface area contributed by atoms with Crippen molar-refractivity contribution in [2.75, 3.05) is 0 Å². The smallest absolute Gasteiger partial charge is 0.0120 e. The molecular weight excluding hydrogens is 432 g/mol. The van der Waals surface area contributed by atoms with Crippen LogP contribution in [0.5, 0.6) is 0 Å². The van der Waals surface area contributed by atoms with Crippen LogP contribution in [0.4, 0.5) is 0 Å². The van der Waals surface area contributed by atoms with Crippen molar-refractivity contribution in [1.29, 1.82) is 0 Å². The van der Waals surface area contributed by atoms with Crippen molar-refractivity contribution in [2.24, 2.45) is 53.3 Å². The quantitative estimate of drug-likeness (QED) is 0.371. The lowest BCUT2D eigenvalue weighted by Crippen LogP contribution is -2.33. The molecule has 0 spiro atoms. The fourth-order valence-corrected chi connectivity index (χ4v) is 9.22. The molecule has 0 aromatic heterocycles. The monoisotopic (exact) mass is 491 g/mol. The Kier molecular flexibility index (Phi) is 9.37. The third-order valence-electron chi connectivity index (χ3n) is 11.3. The lowest BCUT2D eigenvalue weighted by Gasteiger charge is -2.45. The van der Waals surface area contributed by atoms with E-state index in [2.05, 4.69) is 80.5 Å². The van der Waals surface area contributed by atoms with E-state index in [9.17, 15) is 0 Å². The molecule has 0 bridgehead atoms. The average molecular weight is 492 g/mol. The lowest BCUT2D eigenvalue weighted by molar-refractivity contribution is 0.174. The minimum Gasteiger partial charge on any atom is -0.0625 e. The molecule has 0 heterocycles. The summed E-state index contributed by atoms with van der Waals surface area (Å²) in [5, 5.41) is 0. The van der Waals surface area contributed by atoms with Crippen molar-refractivity contribution < 1.29 is 0 Å². The second-order valence-corrected chi connectivity index (χ2v) is 15.1. The molecule has 3 saturated carbocycles. The number of benzene rings is 1. The molecule has 0 amide bonds. The standard InChI is InChI=1S/C36H59/c1-22(2)28-16-13-25(7)19-33(28)31-11-10-12-32(34-20-26(8)14-17-29(34)23(3)4)36(31)35-21-27(9)15-18-30(35)24(5)6/h10-11,22-30,33-35H,13-21H2,1-9H3. The molecule has 9 atom stereocenters. The molecule has 0 aliphatic heterocycles. The van der Waals surface area contributed by atoms with Crippen LogP contribution in [0.25, 0.3) is 0 Å². The fourth-order valence-electron chi connectivity index (χ4n) is 9.22. The molecular formula is C36H59. The van der Waals surface area contributed by atoms with Crippen LogP contribution < -0.4 is 0 Å². The van der Waals surface area contributed by atoms with Gasteiger partial charge in [-0.2, -0.15) is 0 Å². The Morgan fingerprint density at radius 3 is 1.50 bits per heavy atom. The molecule has 0 saturated heterocycles. The highest BCUT2D eigenvalue weighted by atomic mass is 14.5. The lowest BCUT2D eigenvalue weighted by atomic mass is 9.59. The highest BCUT2D eigenvalue weighted by Gasteiger charge is 2.41. The largest absolute Gasteiger partial charge is 0.0625 e. The van der Waals surface area contributed by atoms with Gasteiger partial charge < -0.3 is 0 Å². The first-order valence-electron chi connectivity index (χ1n) is 16.1. The SMILES string of the molecule is CC1CCC(C(C)C)C(c2[c]ccc(C3CC(C)CCC3C(C)C)c2C2CC(C)CCC2C(C)C)C1. The Bertz CT molecular complexity index is 780. The molecule has 0 N–H and O–H groups in total. The molecule has 0 nitrogen and oxygen atoms in total. The Balaban J connectivity index is 1.90. The van der Waals surface area contributed by atoms with E-state index in [0.717, 1.165) is 65.1 Å². The van der Waals surface area contributed by atoms with E-state index in [1.165, 1.54) is 57.8 Å². The molecule has 1 aromatic carbocycles. The van der Waals surface area contributed by atoms with Gasteiger partial charge in [-0.15, -0.1) is 0 Å². The van der Waals surface area contributed by atoms with Gasteiger partial charge in [-0.05, 0) is 132 Å². The van der Waals surface area contributed by atoms with Crippen LogP contribution in [0.3, 0.4) is 0 Å². The first kappa shape index (κ1) is 28.2. The molecule has 9 unspecified atom stereocenters. The maximum atomic E-state index is 4.02. The van der Waals surface area contributed by atoms with Crippen molar-refractivity contribution >= 4 is 0 Å². The molecule has 1 aromatic rings. The highest BCUT2D eigenvalue weighted by Crippen LogP contribution is 2.54. The summed E-state index contributed by atoms with van der Waals surface area (Å²) >= 11 is 0.